The Morgan fingerprint density at radius 2 is 1.69 bits per heavy atom. The summed E-state index contributed by atoms with van der Waals surface area (Å²) in [5, 5.41) is 22.2. The van der Waals surface area contributed by atoms with E-state index in [1.807, 2.05) is 0 Å². The van der Waals surface area contributed by atoms with Crippen molar-refractivity contribution in [3.05, 3.63) is 0 Å². The molecule has 1 rings (SSSR count). The average Bonchev–Trinajstić information content (AvgIpc) is 2.12. The average molecular weight is 186 g/mol. The van der Waals surface area contributed by atoms with E-state index in [1.165, 1.54) is 0 Å². The maximum atomic E-state index is 11.6. The number of hydrogen-bond donors (Lipinski definition) is 2. The molecule has 0 atom stereocenters. The molecule has 0 aromatic rings. The third-order valence-electron chi connectivity index (χ3n) is 2.51. The van der Waals surface area contributed by atoms with Crippen LogP contribution in [0.15, 0.2) is 5.16 Å². The second kappa shape index (κ2) is 2.52. The van der Waals surface area contributed by atoms with E-state index >= 15 is 0 Å². The molecule has 2 N–H and O–H groups in total. The Balaban J connectivity index is 3.28. The van der Waals surface area contributed by atoms with Gasteiger partial charge in [0, 0.05) is 0 Å². The molecule has 0 bridgehead atoms. The highest BCUT2D eigenvalue weighted by atomic mass is 16.5. The van der Waals surface area contributed by atoms with E-state index in [0.717, 1.165) is 5.06 Å². The van der Waals surface area contributed by atoms with Gasteiger partial charge in [-0.3, -0.25) is 4.79 Å². The number of carbonyl (C=O) groups is 1. The number of hydroxylamine groups is 2. The Hall–Kier alpha value is -0.940. The van der Waals surface area contributed by atoms with Crippen LogP contribution in [0.1, 0.15) is 27.7 Å². The molecule has 1 heterocycles. The predicted octanol–water partition coefficient (Wildman–Crippen LogP) is 0.648. The molecule has 0 amide bonds. The van der Waals surface area contributed by atoms with Crippen molar-refractivity contribution < 1.29 is 15.2 Å². The van der Waals surface area contributed by atoms with Gasteiger partial charge in [0.05, 0.1) is 5.54 Å². The first-order valence-corrected chi connectivity index (χ1v) is 4.02. The molecule has 0 aromatic carbocycles. The quantitative estimate of drug-likeness (QED) is 0.430. The van der Waals surface area contributed by atoms with Gasteiger partial charge in [0.15, 0.2) is 0 Å². The third kappa shape index (κ3) is 1.08. The second-order valence-electron chi connectivity index (χ2n) is 4.21. The maximum Gasteiger partial charge on any atom is 0.204 e. The van der Waals surface area contributed by atoms with Crippen LogP contribution in [-0.2, 0) is 4.79 Å². The Morgan fingerprint density at radius 3 is 1.85 bits per heavy atom. The van der Waals surface area contributed by atoms with E-state index in [-0.39, 0.29) is 11.5 Å². The van der Waals surface area contributed by atoms with Crippen LogP contribution in [0.5, 0.6) is 0 Å². The smallest absolute Gasteiger partial charge is 0.204 e. The molecular weight excluding hydrogens is 172 g/mol. The van der Waals surface area contributed by atoms with Gasteiger partial charge in [-0.25, -0.2) is 0 Å². The molecule has 1 fully saturated rings. The van der Waals surface area contributed by atoms with Crippen molar-refractivity contribution in [3.63, 3.8) is 0 Å². The fourth-order valence-electron chi connectivity index (χ4n) is 1.63. The summed E-state index contributed by atoms with van der Waals surface area (Å²) in [7, 11) is 0. The minimum atomic E-state index is -1.02. The maximum absolute atomic E-state index is 11.6. The summed E-state index contributed by atoms with van der Waals surface area (Å²) < 4.78 is 0. The van der Waals surface area contributed by atoms with Gasteiger partial charge < -0.3 is 10.4 Å². The molecule has 0 unspecified atom stereocenters. The summed E-state index contributed by atoms with van der Waals surface area (Å²) in [5.74, 6) is -0.359. The van der Waals surface area contributed by atoms with E-state index in [1.54, 1.807) is 27.7 Å². The lowest BCUT2D eigenvalue weighted by Crippen LogP contribution is -2.48. The number of Topliss-reactive ketones (excluding diaryl/α,β-unsaturated/α-hetero) is 1. The second-order valence-corrected chi connectivity index (χ2v) is 4.21. The molecule has 1 saturated heterocycles. The summed E-state index contributed by atoms with van der Waals surface area (Å²) in [5.41, 5.74) is -1.97. The molecule has 74 valence electrons. The standard InChI is InChI=1S/C8H14N2O3/c1-7(2)5(9-12)6(11)8(3,4)10(7)13/h12-13H,1-4H3/b9-5+. The fourth-order valence-corrected chi connectivity index (χ4v) is 1.63. The molecule has 1 aliphatic heterocycles. The summed E-state index contributed by atoms with van der Waals surface area (Å²) in [6, 6.07) is 0. The normalized spacial score (nSPS) is 29.9. The van der Waals surface area contributed by atoms with Crippen LogP contribution in [0.25, 0.3) is 0 Å². The highest BCUT2D eigenvalue weighted by molar-refractivity contribution is 6.47. The lowest BCUT2D eigenvalue weighted by Gasteiger charge is -2.31. The number of carbonyl (C=O) groups excluding carboxylic acids is 1. The fraction of sp³-hybridized carbons (Fsp3) is 0.750. The molecule has 0 spiro atoms. The minimum absolute atomic E-state index is 0.0139. The molecule has 0 saturated carbocycles. The summed E-state index contributed by atoms with van der Waals surface area (Å²) in [6.45, 7) is 6.40. The van der Waals surface area contributed by atoms with E-state index in [2.05, 4.69) is 5.16 Å². The van der Waals surface area contributed by atoms with Gasteiger partial charge in [-0.05, 0) is 27.7 Å². The van der Waals surface area contributed by atoms with Crippen molar-refractivity contribution in [1.29, 1.82) is 0 Å². The van der Waals surface area contributed by atoms with Crippen LogP contribution in [0.4, 0.5) is 0 Å². The Labute approximate surface area is 76.6 Å². The summed E-state index contributed by atoms with van der Waals surface area (Å²) in [4.78, 5) is 11.6. The largest absolute Gasteiger partial charge is 0.410 e. The lowest BCUT2D eigenvalue weighted by molar-refractivity contribution is -0.186. The first kappa shape index (κ1) is 10.1. The SMILES string of the molecule is CC1(C)C(=O)/C(=N\O)C(C)(C)N1O. The highest BCUT2D eigenvalue weighted by Crippen LogP contribution is 2.33. The Bertz CT molecular complexity index is 281. The topological polar surface area (TPSA) is 73.1 Å². The first-order valence-electron chi connectivity index (χ1n) is 4.02. The number of nitrogens with zero attached hydrogens (tertiary/aromatic N) is 2. The van der Waals surface area contributed by atoms with Gasteiger partial charge in [-0.15, -0.1) is 0 Å². The molecule has 5 nitrogen and oxygen atoms in total. The van der Waals surface area contributed by atoms with Crippen molar-refractivity contribution >= 4 is 11.5 Å². The van der Waals surface area contributed by atoms with Crippen LogP contribution in [0, 0.1) is 0 Å². The summed E-state index contributed by atoms with van der Waals surface area (Å²) >= 11 is 0. The molecule has 13 heavy (non-hydrogen) atoms. The molecule has 1 aliphatic rings. The zero-order valence-electron chi connectivity index (χ0n) is 8.20. The number of hydrogen-bond acceptors (Lipinski definition) is 5. The van der Waals surface area contributed by atoms with Crippen molar-refractivity contribution in [3.8, 4) is 0 Å². The molecule has 0 aromatic heterocycles. The van der Waals surface area contributed by atoms with E-state index in [0.29, 0.717) is 0 Å². The number of ketones is 1. The van der Waals surface area contributed by atoms with Gasteiger partial charge >= 0.3 is 0 Å². The van der Waals surface area contributed by atoms with E-state index in [9.17, 15) is 10.0 Å². The zero-order valence-corrected chi connectivity index (χ0v) is 8.20. The van der Waals surface area contributed by atoms with Gasteiger partial charge in [0.25, 0.3) is 0 Å². The van der Waals surface area contributed by atoms with Gasteiger partial charge in [0.2, 0.25) is 5.78 Å². The lowest BCUT2D eigenvalue weighted by atomic mass is 9.97. The molecular formula is C8H14N2O3. The first-order chi connectivity index (χ1) is 5.76. The van der Waals surface area contributed by atoms with E-state index < -0.39 is 11.1 Å². The number of oxime groups is 1. The minimum Gasteiger partial charge on any atom is -0.410 e. The van der Waals surface area contributed by atoms with Gasteiger partial charge in [-0.2, -0.15) is 5.06 Å². The van der Waals surface area contributed by atoms with Crippen LogP contribution in [0.3, 0.4) is 0 Å². The van der Waals surface area contributed by atoms with Gasteiger partial charge in [-0.1, -0.05) is 5.16 Å². The van der Waals surface area contributed by atoms with Crippen LogP contribution < -0.4 is 0 Å². The van der Waals surface area contributed by atoms with Crippen LogP contribution in [-0.4, -0.2) is 38.1 Å². The predicted molar refractivity (Wildman–Crippen MR) is 46.0 cm³/mol. The highest BCUT2D eigenvalue weighted by Gasteiger charge is 2.56. The van der Waals surface area contributed by atoms with Crippen LogP contribution >= 0.6 is 0 Å². The van der Waals surface area contributed by atoms with Crippen molar-refractivity contribution in [2.24, 2.45) is 5.16 Å². The van der Waals surface area contributed by atoms with Gasteiger partial charge in [0.1, 0.15) is 11.3 Å². The van der Waals surface area contributed by atoms with Crippen LogP contribution in [0.2, 0.25) is 0 Å². The molecule has 0 radical (unpaired) electrons. The third-order valence-corrected chi connectivity index (χ3v) is 2.51. The van der Waals surface area contributed by atoms with E-state index in [4.69, 9.17) is 5.21 Å². The number of rotatable bonds is 0. The molecule has 5 heteroatoms. The van der Waals surface area contributed by atoms with Crippen molar-refractivity contribution in [2.75, 3.05) is 0 Å². The monoisotopic (exact) mass is 186 g/mol. The molecule has 0 aliphatic carbocycles. The Kier molecular flexibility index (Phi) is 1.97. The Morgan fingerprint density at radius 1 is 1.23 bits per heavy atom. The van der Waals surface area contributed by atoms with Crippen molar-refractivity contribution in [1.82, 2.24) is 5.06 Å². The zero-order chi connectivity index (χ0) is 10.4. The summed E-state index contributed by atoms with van der Waals surface area (Å²) in [6.07, 6.45) is 0. The van der Waals surface area contributed by atoms with Crippen molar-refractivity contribution in [2.45, 2.75) is 38.8 Å².